The van der Waals surface area contributed by atoms with Crippen LogP contribution in [0.1, 0.15) is 28.7 Å². The van der Waals surface area contributed by atoms with Gasteiger partial charge in [0.15, 0.2) is 11.3 Å². The second-order valence-electron chi connectivity index (χ2n) is 4.95. The number of benzene rings is 1. The third-order valence-corrected chi connectivity index (χ3v) is 3.43. The number of imidazole rings is 1. The number of esters is 1. The largest absolute Gasteiger partial charge is 0.461 e. The van der Waals surface area contributed by atoms with Gasteiger partial charge in [-0.2, -0.15) is 18.3 Å². The van der Waals surface area contributed by atoms with Gasteiger partial charge in [0.25, 0.3) is 0 Å². The topological polar surface area (TPSA) is 56.5 Å². The predicted octanol–water partition coefficient (Wildman–Crippen LogP) is 3.39. The maximum absolute atomic E-state index is 12.8. The molecule has 0 bridgehead atoms. The molecule has 0 aliphatic rings. The molecule has 0 fully saturated rings. The highest BCUT2D eigenvalue weighted by molar-refractivity contribution is 5.97. The SMILES string of the molecule is CCOC(=O)c1c(C)nc2c3ccc(C(F)(F)F)cc3cnn12. The van der Waals surface area contributed by atoms with Gasteiger partial charge in [-0.25, -0.2) is 14.3 Å². The molecule has 2 heterocycles. The van der Waals surface area contributed by atoms with Gasteiger partial charge in [0.1, 0.15) is 0 Å². The van der Waals surface area contributed by atoms with Crippen molar-refractivity contribution in [1.82, 2.24) is 14.6 Å². The molecular weight excluding hydrogens is 311 g/mol. The molecule has 0 unspecified atom stereocenters. The van der Waals surface area contributed by atoms with Gasteiger partial charge >= 0.3 is 12.1 Å². The van der Waals surface area contributed by atoms with Crippen molar-refractivity contribution in [2.75, 3.05) is 6.61 Å². The van der Waals surface area contributed by atoms with Gasteiger partial charge in [0.05, 0.1) is 24.1 Å². The molecule has 5 nitrogen and oxygen atoms in total. The molecule has 0 saturated heterocycles. The van der Waals surface area contributed by atoms with Crippen LogP contribution in [0.3, 0.4) is 0 Å². The number of fused-ring (bicyclic) bond motifs is 3. The van der Waals surface area contributed by atoms with Crippen LogP contribution in [0.2, 0.25) is 0 Å². The third-order valence-electron chi connectivity index (χ3n) is 3.43. The Kier molecular flexibility index (Phi) is 3.46. The summed E-state index contributed by atoms with van der Waals surface area (Å²) in [5.74, 6) is -0.573. The van der Waals surface area contributed by atoms with Crippen molar-refractivity contribution in [3.8, 4) is 0 Å². The first-order valence-corrected chi connectivity index (χ1v) is 6.85. The van der Waals surface area contributed by atoms with E-state index in [-0.39, 0.29) is 12.3 Å². The first-order chi connectivity index (χ1) is 10.8. The van der Waals surface area contributed by atoms with E-state index in [1.165, 1.54) is 16.8 Å². The average Bonchev–Trinajstić information content (AvgIpc) is 2.82. The van der Waals surface area contributed by atoms with Crippen LogP contribution >= 0.6 is 0 Å². The Balaban J connectivity index is 2.25. The molecule has 8 heteroatoms. The maximum Gasteiger partial charge on any atom is 0.416 e. The predicted molar refractivity (Wildman–Crippen MR) is 76.2 cm³/mol. The van der Waals surface area contributed by atoms with Crippen LogP contribution in [0.4, 0.5) is 13.2 Å². The molecule has 3 rings (SSSR count). The average molecular weight is 323 g/mol. The highest BCUT2D eigenvalue weighted by atomic mass is 19.4. The van der Waals surface area contributed by atoms with Crippen molar-refractivity contribution < 1.29 is 22.7 Å². The summed E-state index contributed by atoms with van der Waals surface area (Å²) in [7, 11) is 0. The molecule has 2 aromatic heterocycles. The Bertz CT molecular complexity index is 916. The highest BCUT2D eigenvalue weighted by Gasteiger charge is 2.30. The summed E-state index contributed by atoms with van der Waals surface area (Å²) in [5.41, 5.74) is 0.133. The minimum atomic E-state index is -4.43. The van der Waals surface area contributed by atoms with Crippen molar-refractivity contribution in [3.63, 3.8) is 0 Å². The molecule has 0 aliphatic heterocycles. The molecule has 0 radical (unpaired) electrons. The molecule has 0 aliphatic carbocycles. The molecule has 23 heavy (non-hydrogen) atoms. The van der Waals surface area contributed by atoms with Gasteiger partial charge in [-0.3, -0.25) is 0 Å². The van der Waals surface area contributed by atoms with Crippen molar-refractivity contribution in [2.45, 2.75) is 20.0 Å². The first kappa shape index (κ1) is 15.3. The van der Waals surface area contributed by atoms with Crippen LogP contribution in [-0.4, -0.2) is 27.2 Å². The molecule has 0 amide bonds. The molecule has 0 saturated carbocycles. The van der Waals surface area contributed by atoms with Gasteiger partial charge in [0.2, 0.25) is 0 Å². The van der Waals surface area contributed by atoms with E-state index in [1.54, 1.807) is 13.8 Å². The quantitative estimate of drug-likeness (QED) is 0.678. The number of carbonyl (C=O) groups is 1. The van der Waals surface area contributed by atoms with Crippen LogP contribution in [-0.2, 0) is 10.9 Å². The number of nitrogens with zero attached hydrogens (tertiary/aromatic N) is 3. The fourth-order valence-corrected chi connectivity index (χ4v) is 2.41. The maximum atomic E-state index is 12.8. The number of hydrogen-bond donors (Lipinski definition) is 0. The van der Waals surface area contributed by atoms with E-state index < -0.39 is 17.7 Å². The Morgan fingerprint density at radius 1 is 1.35 bits per heavy atom. The van der Waals surface area contributed by atoms with E-state index in [9.17, 15) is 18.0 Å². The fraction of sp³-hybridized carbons (Fsp3) is 0.267. The van der Waals surface area contributed by atoms with Crippen molar-refractivity contribution in [1.29, 1.82) is 0 Å². The summed E-state index contributed by atoms with van der Waals surface area (Å²) < 4.78 is 44.6. The van der Waals surface area contributed by atoms with Crippen LogP contribution in [0, 0.1) is 6.92 Å². The van der Waals surface area contributed by atoms with Crippen LogP contribution in [0.15, 0.2) is 24.4 Å². The summed E-state index contributed by atoms with van der Waals surface area (Å²) in [5, 5.41) is 4.82. The number of aromatic nitrogens is 3. The lowest BCUT2D eigenvalue weighted by Crippen LogP contribution is -2.11. The van der Waals surface area contributed by atoms with E-state index in [0.29, 0.717) is 22.1 Å². The number of hydrogen-bond acceptors (Lipinski definition) is 4. The molecule has 0 spiro atoms. The van der Waals surface area contributed by atoms with Crippen molar-refractivity contribution >= 4 is 22.4 Å². The standard InChI is InChI=1S/C15H12F3N3O2/c1-3-23-14(22)12-8(2)20-13-11-5-4-10(15(16,17)18)6-9(11)7-19-21(12)13/h4-7H,3H2,1-2H3. The summed E-state index contributed by atoms with van der Waals surface area (Å²) in [6, 6.07) is 3.32. The monoisotopic (exact) mass is 323 g/mol. The number of carbonyl (C=O) groups excluding carboxylic acids is 1. The van der Waals surface area contributed by atoms with E-state index in [1.807, 2.05) is 0 Å². The second-order valence-corrected chi connectivity index (χ2v) is 4.95. The van der Waals surface area contributed by atoms with Crippen LogP contribution < -0.4 is 0 Å². The molecule has 1 aromatic carbocycles. The zero-order valence-corrected chi connectivity index (χ0v) is 12.3. The van der Waals surface area contributed by atoms with Crippen LogP contribution in [0.5, 0.6) is 0 Å². The minimum Gasteiger partial charge on any atom is -0.461 e. The molecule has 120 valence electrons. The lowest BCUT2D eigenvalue weighted by atomic mass is 10.1. The molecule has 0 atom stereocenters. The Labute approximate surface area is 128 Å². The van der Waals surface area contributed by atoms with Crippen molar-refractivity contribution in [2.24, 2.45) is 0 Å². The van der Waals surface area contributed by atoms with Crippen molar-refractivity contribution in [3.05, 3.63) is 41.3 Å². The van der Waals surface area contributed by atoms with Crippen LogP contribution in [0.25, 0.3) is 16.4 Å². The van der Waals surface area contributed by atoms with E-state index >= 15 is 0 Å². The number of halogens is 3. The number of alkyl halides is 3. The molecular formula is C15H12F3N3O2. The van der Waals surface area contributed by atoms with Gasteiger partial charge in [0, 0.05) is 10.8 Å². The Morgan fingerprint density at radius 2 is 2.09 bits per heavy atom. The first-order valence-electron chi connectivity index (χ1n) is 6.85. The Hall–Kier alpha value is -2.64. The number of ether oxygens (including phenoxy) is 1. The number of aryl methyl sites for hydroxylation is 1. The molecule has 3 aromatic rings. The van der Waals surface area contributed by atoms with E-state index in [2.05, 4.69) is 10.1 Å². The zero-order chi connectivity index (χ0) is 16.8. The lowest BCUT2D eigenvalue weighted by molar-refractivity contribution is -0.137. The van der Waals surface area contributed by atoms with E-state index in [0.717, 1.165) is 12.1 Å². The van der Waals surface area contributed by atoms with Gasteiger partial charge < -0.3 is 4.74 Å². The summed E-state index contributed by atoms with van der Waals surface area (Å²) in [4.78, 5) is 16.2. The summed E-state index contributed by atoms with van der Waals surface area (Å²) >= 11 is 0. The number of rotatable bonds is 2. The smallest absolute Gasteiger partial charge is 0.416 e. The summed E-state index contributed by atoms with van der Waals surface area (Å²) in [6.45, 7) is 3.50. The van der Waals surface area contributed by atoms with Gasteiger partial charge in [-0.15, -0.1) is 0 Å². The highest BCUT2D eigenvalue weighted by Crippen LogP contribution is 2.32. The fourth-order valence-electron chi connectivity index (χ4n) is 2.41. The zero-order valence-electron chi connectivity index (χ0n) is 12.3. The third kappa shape index (κ3) is 2.49. The minimum absolute atomic E-state index is 0.170. The van der Waals surface area contributed by atoms with Gasteiger partial charge in [-0.05, 0) is 32.0 Å². The Morgan fingerprint density at radius 3 is 2.74 bits per heavy atom. The van der Waals surface area contributed by atoms with Gasteiger partial charge in [-0.1, -0.05) is 0 Å². The second kappa shape index (κ2) is 5.22. The molecule has 0 N–H and O–H groups in total. The summed E-state index contributed by atoms with van der Waals surface area (Å²) in [6.07, 6.45) is -3.15. The van der Waals surface area contributed by atoms with E-state index in [4.69, 9.17) is 4.74 Å². The normalized spacial score (nSPS) is 12.0. The lowest BCUT2D eigenvalue weighted by Gasteiger charge is -2.08.